The Hall–Kier alpha value is -2.70. The number of amides is 1. The first-order valence-electron chi connectivity index (χ1n) is 8.41. The zero-order valence-corrected chi connectivity index (χ0v) is 17.2. The molecule has 0 spiro atoms. The molecule has 9 heteroatoms. The fourth-order valence-corrected chi connectivity index (χ4v) is 4.35. The second kappa shape index (κ2) is 7.37. The van der Waals surface area contributed by atoms with E-state index in [1.54, 1.807) is 30.3 Å². The lowest BCUT2D eigenvalue weighted by molar-refractivity contribution is -0.117. The summed E-state index contributed by atoms with van der Waals surface area (Å²) >= 11 is 0.993. The third kappa shape index (κ3) is 4.24. The van der Waals surface area contributed by atoms with Crippen molar-refractivity contribution in [2.75, 3.05) is 16.2 Å². The summed E-state index contributed by atoms with van der Waals surface area (Å²) in [6.07, 6.45) is 0. The molecule has 1 amide bonds. The normalized spacial score (nSPS) is 15.1. The monoisotopic (exact) mass is 417 g/mol. The molecule has 28 heavy (non-hydrogen) atoms. The highest BCUT2D eigenvalue weighted by Gasteiger charge is 2.34. The van der Waals surface area contributed by atoms with Crippen molar-refractivity contribution >= 4 is 39.1 Å². The van der Waals surface area contributed by atoms with Crippen molar-refractivity contribution in [3.05, 3.63) is 42.5 Å². The Morgan fingerprint density at radius 1 is 1.25 bits per heavy atom. The highest BCUT2D eigenvalue weighted by Crippen LogP contribution is 2.38. The smallest absolute Gasteiger partial charge is 0.261 e. The predicted octanol–water partition coefficient (Wildman–Crippen LogP) is 3.58. The van der Waals surface area contributed by atoms with Crippen molar-refractivity contribution in [3.63, 3.8) is 0 Å². The van der Waals surface area contributed by atoms with Gasteiger partial charge in [0, 0.05) is 17.5 Å². The fraction of sp³-hybridized carbons (Fsp3) is 0.263. The molecule has 0 atom stereocenters. The fourth-order valence-electron chi connectivity index (χ4n) is 2.90. The number of fused-ring (bicyclic) bond motifs is 1. The van der Waals surface area contributed by atoms with Crippen LogP contribution in [0.15, 0.2) is 52.3 Å². The summed E-state index contributed by atoms with van der Waals surface area (Å²) in [5.74, 6) is 0.272. The average molecular weight is 418 g/mol. The molecular weight excluding hydrogens is 398 g/mol. The number of rotatable bonds is 4. The minimum Gasteiger partial charge on any atom is -0.484 e. The van der Waals surface area contributed by atoms with E-state index in [9.17, 15) is 13.2 Å². The molecule has 0 bridgehead atoms. The van der Waals surface area contributed by atoms with Crippen LogP contribution in [0.1, 0.15) is 20.8 Å². The van der Waals surface area contributed by atoms with Crippen molar-refractivity contribution in [2.24, 2.45) is 0 Å². The van der Waals surface area contributed by atoms with Crippen LogP contribution in [-0.4, -0.2) is 26.5 Å². The van der Waals surface area contributed by atoms with Crippen LogP contribution in [-0.2, 0) is 14.8 Å². The van der Waals surface area contributed by atoms with Gasteiger partial charge in [-0.3, -0.25) is 9.52 Å². The van der Waals surface area contributed by atoms with E-state index in [1.165, 1.54) is 24.0 Å². The molecule has 1 aliphatic heterocycles. The number of nitrogens with one attached hydrogen (secondary N) is 1. The van der Waals surface area contributed by atoms with Gasteiger partial charge in [-0.2, -0.15) is 5.26 Å². The minimum atomic E-state index is -3.87. The summed E-state index contributed by atoms with van der Waals surface area (Å²) < 4.78 is 34.0. The number of ether oxygens (including phenoxy) is 1. The Morgan fingerprint density at radius 2 is 1.93 bits per heavy atom. The Kier molecular flexibility index (Phi) is 5.28. The van der Waals surface area contributed by atoms with Crippen LogP contribution in [0, 0.1) is 10.7 Å². The average Bonchev–Trinajstić information content (AvgIpc) is 2.61. The van der Waals surface area contributed by atoms with Gasteiger partial charge in [-0.25, -0.2) is 8.42 Å². The number of nitriles is 1. The molecule has 0 aliphatic carbocycles. The van der Waals surface area contributed by atoms with Crippen LogP contribution in [0.4, 0.5) is 11.4 Å². The number of nitrogens with zero attached hydrogens (tertiary/aromatic N) is 2. The summed E-state index contributed by atoms with van der Waals surface area (Å²) in [7, 11) is -3.87. The number of carbonyl (C=O) groups excluding carboxylic acids is 1. The maximum absolute atomic E-state index is 12.8. The zero-order valence-electron chi connectivity index (χ0n) is 15.6. The van der Waals surface area contributed by atoms with Crippen LogP contribution in [0.2, 0.25) is 0 Å². The predicted molar refractivity (Wildman–Crippen MR) is 108 cm³/mol. The third-order valence-corrected chi connectivity index (χ3v) is 6.08. The highest BCUT2D eigenvalue weighted by molar-refractivity contribution is 8.03. The molecule has 0 radical (unpaired) electrons. The van der Waals surface area contributed by atoms with Gasteiger partial charge in [0.2, 0.25) is 5.91 Å². The van der Waals surface area contributed by atoms with Gasteiger partial charge < -0.3 is 9.64 Å². The van der Waals surface area contributed by atoms with Crippen LogP contribution < -0.4 is 14.4 Å². The Labute approximate surface area is 168 Å². The van der Waals surface area contributed by atoms with Crippen molar-refractivity contribution in [1.82, 2.24) is 0 Å². The summed E-state index contributed by atoms with van der Waals surface area (Å²) in [5.41, 5.74) is 0.233. The standard InChI is InChI=1S/C19H19N3O4S2/c1-13(23)22-11-19(2,3)26-18-9-8-16(10-17(18)22)28(24,25)21-14-4-6-15(7-5-14)27-12-20/h4-10,21H,11H2,1-3H3. The van der Waals surface area contributed by atoms with E-state index in [1.807, 2.05) is 19.2 Å². The largest absolute Gasteiger partial charge is 0.484 e. The van der Waals surface area contributed by atoms with Gasteiger partial charge in [-0.05, 0) is 68.1 Å². The second-order valence-electron chi connectivity index (χ2n) is 6.92. The Morgan fingerprint density at radius 3 is 2.54 bits per heavy atom. The molecular formula is C19H19N3O4S2. The summed E-state index contributed by atoms with van der Waals surface area (Å²) in [5, 5.41) is 10.6. The topological polar surface area (TPSA) is 99.5 Å². The van der Waals surface area contributed by atoms with Crippen LogP contribution in [0.3, 0.4) is 0 Å². The van der Waals surface area contributed by atoms with Gasteiger partial charge >= 0.3 is 0 Å². The molecule has 1 N–H and O–H groups in total. The number of hydrogen-bond donors (Lipinski definition) is 1. The van der Waals surface area contributed by atoms with Crippen LogP contribution in [0.25, 0.3) is 0 Å². The maximum atomic E-state index is 12.8. The van der Waals surface area contributed by atoms with Gasteiger partial charge in [0.15, 0.2) is 0 Å². The van der Waals surface area contributed by atoms with Gasteiger partial charge in [-0.15, -0.1) is 0 Å². The SMILES string of the molecule is CC(=O)N1CC(C)(C)Oc2ccc(S(=O)(=O)Nc3ccc(SC#N)cc3)cc21. The molecule has 0 fully saturated rings. The van der Waals surface area contributed by atoms with Crippen molar-refractivity contribution in [2.45, 2.75) is 36.2 Å². The molecule has 2 aromatic carbocycles. The van der Waals surface area contributed by atoms with Gasteiger partial charge in [-0.1, -0.05) is 0 Å². The Bertz CT molecular complexity index is 1060. The molecule has 0 saturated carbocycles. The number of benzene rings is 2. The number of thiocyanates is 1. The molecule has 2 aromatic rings. The molecule has 1 aliphatic rings. The number of thioether (sulfide) groups is 1. The van der Waals surface area contributed by atoms with Gasteiger partial charge in [0.05, 0.1) is 17.1 Å². The minimum absolute atomic E-state index is 0.0243. The molecule has 0 saturated heterocycles. The van der Waals surface area contributed by atoms with E-state index >= 15 is 0 Å². The quantitative estimate of drug-likeness (QED) is 0.603. The summed E-state index contributed by atoms with van der Waals surface area (Å²) in [6.45, 7) is 5.49. The number of hydrogen-bond acceptors (Lipinski definition) is 6. The van der Waals surface area contributed by atoms with Crippen molar-refractivity contribution in [3.8, 4) is 11.2 Å². The van der Waals surface area contributed by atoms with E-state index in [0.29, 0.717) is 23.7 Å². The Balaban J connectivity index is 1.92. The van der Waals surface area contributed by atoms with E-state index in [0.717, 1.165) is 16.7 Å². The summed E-state index contributed by atoms with van der Waals surface area (Å²) in [4.78, 5) is 14.3. The van der Waals surface area contributed by atoms with E-state index in [-0.39, 0.29) is 10.8 Å². The lowest BCUT2D eigenvalue weighted by Gasteiger charge is -2.39. The first-order chi connectivity index (χ1) is 13.1. The van der Waals surface area contributed by atoms with Crippen LogP contribution >= 0.6 is 11.8 Å². The lowest BCUT2D eigenvalue weighted by atomic mass is 10.1. The zero-order chi connectivity index (χ0) is 20.5. The molecule has 146 valence electrons. The van der Waals surface area contributed by atoms with E-state index < -0.39 is 15.6 Å². The molecule has 3 rings (SSSR count). The molecule has 0 unspecified atom stereocenters. The van der Waals surface area contributed by atoms with E-state index in [4.69, 9.17) is 10.00 Å². The van der Waals surface area contributed by atoms with Crippen LogP contribution in [0.5, 0.6) is 5.75 Å². The first kappa shape index (κ1) is 20.0. The number of anilines is 2. The number of carbonyl (C=O) groups is 1. The molecule has 1 heterocycles. The van der Waals surface area contributed by atoms with E-state index in [2.05, 4.69) is 4.72 Å². The molecule has 0 aromatic heterocycles. The maximum Gasteiger partial charge on any atom is 0.261 e. The lowest BCUT2D eigenvalue weighted by Crippen LogP contribution is -2.48. The second-order valence-corrected chi connectivity index (χ2v) is 9.46. The number of sulfonamides is 1. The summed E-state index contributed by atoms with van der Waals surface area (Å²) in [6, 6.07) is 10.9. The van der Waals surface area contributed by atoms with Gasteiger partial charge in [0.1, 0.15) is 16.8 Å². The van der Waals surface area contributed by atoms with Gasteiger partial charge in [0.25, 0.3) is 10.0 Å². The highest BCUT2D eigenvalue weighted by atomic mass is 32.2. The third-order valence-electron chi connectivity index (χ3n) is 4.11. The van der Waals surface area contributed by atoms with Crippen molar-refractivity contribution in [1.29, 1.82) is 5.26 Å². The first-order valence-corrected chi connectivity index (χ1v) is 10.7. The molecule has 7 nitrogen and oxygen atoms in total. The van der Waals surface area contributed by atoms with Crippen molar-refractivity contribution < 1.29 is 17.9 Å².